The van der Waals surface area contributed by atoms with Crippen molar-refractivity contribution >= 4 is 38.6 Å². The number of para-hydroxylation sites is 1. The molecule has 0 unspecified atom stereocenters. The van der Waals surface area contributed by atoms with Crippen LogP contribution < -0.4 is 15.5 Å². The Bertz CT molecular complexity index is 1290. The zero-order chi connectivity index (χ0) is 23.2. The smallest absolute Gasteiger partial charge is 0.274 e. The third kappa shape index (κ3) is 5.54. The van der Waals surface area contributed by atoms with E-state index in [-0.39, 0.29) is 18.1 Å². The summed E-state index contributed by atoms with van der Waals surface area (Å²) in [6.07, 6.45) is 0. The quantitative estimate of drug-likeness (QED) is 0.251. The van der Waals surface area contributed by atoms with Crippen LogP contribution in [0.2, 0.25) is 0 Å². The Morgan fingerprint density at radius 1 is 0.879 bits per heavy atom. The number of nitrogens with one attached hydrogen (secondary N) is 2. The van der Waals surface area contributed by atoms with Crippen LogP contribution in [0, 0.1) is 0 Å². The van der Waals surface area contributed by atoms with Crippen molar-refractivity contribution in [2.24, 2.45) is 0 Å². The van der Waals surface area contributed by atoms with Crippen LogP contribution in [0.1, 0.15) is 32.0 Å². The number of aromatic nitrogens is 1. The van der Waals surface area contributed by atoms with E-state index < -0.39 is 5.91 Å². The predicted molar refractivity (Wildman–Crippen MR) is 127 cm³/mol. The Morgan fingerprint density at radius 3 is 2.33 bits per heavy atom. The van der Waals surface area contributed by atoms with Gasteiger partial charge in [0.05, 0.1) is 0 Å². The van der Waals surface area contributed by atoms with Crippen LogP contribution >= 0.6 is 15.9 Å². The number of ether oxygens (including phenoxy) is 1. The summed E-state index contributed by atoms with van der Waals surface area (Å²) < 4.78 is 6.99. The molecule has 1 heterocycles. The Labute approximate surface area is 198 Å². The normalized spacial score (nSPS) is 10.6. The summed E-state index contributed by atoms with van der Waals surface area (Å²) >= 11 is 3.42. The summed E-state index contributed by atoms with van der Waals surface area (Å²) in [4.78, 5) is 28.6. The number of halogens is 1. The number of carbonyl (C=O) groups excluding carboxylic acids is 2. The summed E-state index contributed by atoms with van der Waals surface area (Å²) in [7, 11) is 0. The SMILES string of the molecule is O=C(NO)c1ccc(CNC(=O)c2ccc3cccc(OCc4ccc(Br)cc4)c3n2)cc1. The summed E-state index contributed by atoms with van der Waals surface area (Å²) in [6.45, 7) is 0.649. The van der Waals surface area contributed by atoms with Crippen molar-refractivity contribution in [3.05, 3.63) is 106 Å². The Kier molecular flexibility index (Phi) is 6.97. The number of hydrogen-bond acceptors (Lipinski definition) is 5. The molecule has 4 aromatic rings. The molecule has 7 nitrogen and oxygen atoms in total. The molecule has 166 valence electrons. The van der Waals surface area contributed by atoms with Crippen molar-refractivity contribution in [3.8, 4) is 5.75 Å². The lowest BCUT2D eigenvalue weighted by atomic mass is 10.1. The Morgan fingerprint density at radius 2 is 1.61 bits per heavy atom. The number of hydrogen-bond donors (Lipinski definition) is 3. The van der Waals surface area contributed by atoms with Crippen LogP contribution in [-0.2, 0) is 13.2 Å². The highest BCUT2D eigenvalue weighted by Gasteiger charge is 2.11. The average Bonchev–Trinajstić information content (AvgIpc) is 2.86. The van der Waals surface area contributed by atoms with Crippen molar-refractivity contribution in [2.45, 2.75) is 13.2 Å². The number of rotatable bonds is 7. The van der Waals surface area contributed by atoms with Gasteiger partial charge in [0.15, 0.2) is 0 Å². The van der Waals surface area contributed by atoms with Gasteiger partial charge in [0.25, 0.3) is 11.8 Å². The average molecular weight is 506 g/mol. The van der Waals surface area contributed by atoms with Crippen LogP contribution in [0.3, 0.4) is 0 Å². The fourth-order valence-corrected chi connectivity index (χ4v) is 3.48. The molecule has 0 fully saturated rings. The first-order valence-corrected chi connectivity index (χ1v) is 10.9. The maximum atomic E-state index is 12.7. The molecule has 3 aromatic carbocycles. The monoisotopic (exact) mass is 505 g/mol. The molecule has 3 N–H and O–H groups in total. The first-order valence-electron chi connectivity index (χ1n) is 10.1. The third-order valence-corrected chi connectivity index (χ3v) is 5.52. The first kappa shape index (κ1) is 22.4. The minimum absolute atomic E-state index is 0.265. The second kappa shape index (κ2) is 10.2. The molecular weight excluding hydrogens is 486 g/mol. The fourth-order valence-electron chi connectivity index (χ4n) is 3.22. The van der Waals surface area contributed by atoms with Crippen molar-refractivity contribution in [2.75, 3.05) is 0 Å². The molecule has 0 saturated heterocycles. The molecule has 0 aliphatic heterocycles. The molecule has 0 atom stereocenters. The molecule has 1 aromatic heterocycles. The maximum Gasteiger partial charge on any atom is 0.274 e. The molecule has 0 spiro atoms. The van der Waals surface area contributed by atoms with Gasteiger partial charge in [0.1, 0.15) is 23.6 Å². The lowest BCUT2D eigenvalue weighted by Gasteiger charge is -2.11. The molecule has 33 heavy (non-hydrogen) atoms. The van der Waals surface area contributed by atoms with Crippen LogP contribution in [0.5, 0.6) is 5.75 Å². The van der Waals surface area contributed by atoms with Gasteiger partial charge in [-0.05, 0) is 47.5 Å². The van der Waals surface area contributed by atoms with Crippen molar-refractivity contribution < 1.29 is 19.5 Å². The molecule has 8 heteroatoms. The number of nitrogens with zero attached hydrogens (tertiary/aromatic N) is 1. The van der Waals surface area contributed by atoms with Gasteiger partial charge in [-0.2, -0.15) is 0 Å². The van der Waals surface area contributed by atoms with E-state index >= 15 is 0 Å². The van der Waals surface area contributed by atoms with Gasteiger partial charge in [-0.25, -0.2) is 10.5 Å². The Balaban J connectivity index is 1.46. The molecule has 4 rings (SSSR count). The largest absolute Gasteiger partial charge is 0.487 e. The standard InChI is InChI=1S/C25H20BrN3O4/c26-20-11-6-17(7-12-20)15-33-22-3-1-2-18-10-13-21(28-23(18)22)25(31)27-14-16-4-8-19(9-5-16)24(30)29-32/h1-13,32H,14-15H2,(H,27,31)(H,29,30). The highest BCUT2D eigenvalue weighted by molar-refractivity contribution is 9.10. The van der Waals surface area contributed by atoms with E-state index in [1.165, 1.54) is 0 Å². The van der Waals surface area contributed by atoms with E-state index in [1.807, 2.05) is 48.5 Å². The highest BCUT2D eigenvalue weighted by atomic mass is 79.9. The van der Waals surface area contributed by atoms with Gasteiger partial charge >= 0.3 is 0 Å². The molecule has 0 aliphatic rings. The van der Waals surface area contributed by atoms with Crippen LogP contribution in [-0.4, -0.2) is 22.0 Å². The number of carbonyl (C=O) groups is 2. The zero-order valence-electron chi connectivity index (χ0n) is 17.4. The summed E-state index contributed by atoms with van der Waals surface area (Å²) in [6, 6.07) is 23.6. The lowest BCUT2D eigenvalue weighted by Crippen LogP contribution is -2.24. The highest BCUT2D eigenvalue weighted by Crippen LogP contribution is 2.25. The Hall–Kier alpha value is -3.75. The second-order valence-electron chi connectivity index (χ2n) is 7.26. The van der Waals surface area contributed by atoms with Crippen LogP contribution in [0.4, 0.5) is 0 Å². The van der Waals surface area contributed by atoms with Crippen LogP contribution in [0.15, 0.2) is 83.3 Å². The van der Waals surface area contributed by atoms with Crippen LogP contribution in [0.25, 0.3) is 10.9 Å². The molecule has 0 aliphatic carbocycles. The topological polar surface area (TPSA) is 101 Å². The van der Waals surface area contributed by atoms with Gasteiger partial charge < -0.3 is 10.1 Å². The summed E-state index contributed by atoms with van der Waals surface area (Å²) in [5.41, 5.74) is 4.61. The van der Waals surface area contributed by atoms with Gasteiger partial charge in [-0.3, -0.25) is 14.8 Å². The van der Waals surface area contributed by atoms with E-state index in [0.717, 1.165) is 21.0 Å². The number of amides is 2. The number of fused-ring (bicyclic) bond motifs is 1. The molecule has 0 radical (unpaired) electrons. The van der Waals surface area contributed by atoms with E-state index in [4.69, 9.17) is 9.94 Å². The summed E-state index contributed by atoms with van der Waals surface area (Å²) in [5, 5.41) is 12.4. The van der Waals surface area contributed by atoms with Gasteiger partial charge in [-0.15, -0.1) is 0 Å². The van der Waals surface area contributed by atoms with Crippen molar-refractivity contribution in [1.29, 1.82) is 0 Å². The number of benzene rings is 3. The minimum Gasteiger partial charge on any atom is -0.487 e. The molecule has 2 amide bonds. The predicted octanol–water partition coefficient (Wildman–Crippen LogP) is 4.63. The molecule has 0 saturated carbocycles. The van der Waals surface area contributed by atoms with Crippen molar-refractivity contribution in [1.82, 2.24) is 15.8 Å². The third-order valence-electron chi connectivity index (χ3n) is 4.99. The first-order chi connectivity index (χ1) is 16.0. The molecular formula is C25H20BrN3O4. The van der Waals surface area contributed by atoms with E-state index in [9.17, 15) is 9.59 Å². The second-order valence-corrected chi connectivity index (χ2v) is 8.18. The number of pyridine rings is 1. The van der Waals surface area contributed by atoms with E-state index in [2.05, 4.69) is 26.2 Å². The zero-order valence-corrected chi connectivity index (χ0v) is 19.0. The lowest BCUT2D eigenvalue weighted by molar-refractivity contribution is 0.0706. The van der Waals surface area contributed by atoms with E-state index in [1.54, 1.807) is 35.8 Å². The maximum absolute atomic E-state index is 12.7. The molecule has 0 bridgehead atoms. The van der Waals surface area contributed by atoms with Gasteiger partial charge in [0.2, 0.25) is 0 Å². The van der Waals surface area contributed by atoms with Gasteiger partial charge in [0, 0.05) is 22.0 Å². The van der Waals surface area contributed by atoms with Crippen molar-refractivity contribution in [3.63, 3.8) is 0 Å². The van der Waals surface area contributed by atoms with E-state index in [0.29, 0.717) is 23.4 Å². The fraction of sp³-hybridized carbons (Fsp3) is 0.0800. The van der Waals surface area contributed by atoms with Gasteiger partial charge in [-0.1, -0.05) is 58.4 Å². The summed E-state index contributed by atoms with van der Waals surface area (Å²) in [5.74, 6) is -0.316. The number of hydroxylamine groups is 1. The minimum atomic E-state index is -0.593.